The Kier molecular flexibility index (Phi) is 6.92. The van der Waals surface area contributed by atoms with E-state index in [1.54, 1.807) is 24.3 Å². The summed E-state index contributed by atoms with van der Waals surface area (Å²) >= 11 is 0. The van der Waals surface area contributed by atoms with E-state index >= 15 is 0 Å². The number of halogens is 6. The molecule has 2 nitrogen and oxygen atoms in total. The van der Waals surface area contributed by atoms with Crippen molar-refractivity contribution in [2.24, 2.45) is 0 Å². The summed E-state index contributed by atoms with van der Waals surface area (Å²) in [6.07, 6.45) is -5.13. The van der Waals surface area contributed by atoms with Gasteiger partial charge in [0.05, 0.1) is 0 Å². The van der Waals surface area contributed by atoms with Gasteiger partial charge in [-0.2, -0.15) is 26.3 Å². The van der Waals surface area contributed by atoms with Crippen LogP contribution in [0.25, 0.3) is 0 Å². The predicted octanol–water partition coefficient (Wildman–Crippen LogP) is 7.87. The summed E-state index contributed by atoms with van der Waals surface area (Å²) < 4.78 is 84.2. The van der Waals surface area contributed by atoms with Crippen LogP contribution in [0.4, 0.5) is 26.3 Å². The Morgan fingerprint density at radius 1 is 0.531 bits per heavy atom. The first-order valence-electron chi connectivity index (χ1n) is 9.25. The standard InChI is InChI=1S/C24H16F6O2/c1-24(15-5-3-2-4-6-15,16-7-11-18(12-8-16)31-22(29)20(25)26)17-9-13-19(14-10-17)32-23(30)21(27)28/h2-14H,1H3. The summed E-state index contributed by atoms with van der Waals surface area (Å²) in [5.41, 5.74) is 1.47. The highest BCUT2D eigenvalue weighted by molar-refractivity contribution is 5.51. The molecule has 0 radical (unpaired) electrons. The third-order valence-corrected chi connectivity index (χ3v) is 4.93. The Bertz CT molecular complexity index is 1050. The highest BCUT2D eigenvalue weighted by atomic mass is 19.3. The Hall–Kier alpha value is -3.68. The second-order valence-corrected chi connectivity index (χ2v) is 6.81. The van der Waals surface area contributed by atoms with Gasteiger partial charge < -0.3 is 9.47 Å². The quantitative estimate of drug-likeness (QED) is 0.207. The highest BCUT2D eigenvalue weighted by Gasteiger charge is 2.31. The zero-order valence-electron chi connectivity index (χ0n) is 16.6. The van der Waals surface area contributed by atoms with Crippen LogP contribution < -0.4 is 9.47 Å². The van der Waals surface area contributed by atoms with Gasteiger partial charge in [0.2, 0.25) is 0 Å². The molecule has 0 aliphatic heterocycles. The molecule has 32 heavy (non-hydrogen) atoms. The van der Waals surface area contributed by atoms with Gasteiger partial charge in [-0.05, 0) is 47.9 Å². The van der Waals surface area contributed by atoms with Crippen molar-refractivity contribution in [3.63, 3.8) is 0 Å². The fourth-order valence-corrected chi connectivity index (χ4v) is 3.27. The maximum atomic E-state index is 13.1. The minimum absolute atomic E-state index is 0.117. The van der Waals surface area contributed by atoms with Crippen LogP contribution in [-0.2, 0) is 5.41 Å². The average Bonchev–Trinajstić information content (AvgIpc) is 2.80. The Labute approximate surface area is 180 Å². The van der Waals surface area contributed by atoms with Crippen molar-refractivity contribution in [2.75, 3.05) is 0 Å². The van der Waals surface area contributed by atoms with Crippen LogP contribution in [0.1, 0.15) is 23.6 Å². The molecule has 0 spiro atoms. The van der Waals surface area contributed by atoms with Gasteiger partial charge in [0.25, 0.3) is 0 Å². The van der Waals surface area contributed by atoms with E-state index in [1.165, 1.54) is 24.3 Å². The Morgan fingerprint density at radius 3 is 1.22 bits per heavy atom. The van der Waals surface area contributed by atoms with Crippen LogP contribution in [-0.4, -0.2) is 0 Å². The molecule has 0 aliphatic rings. The molecule has 0 saturated heterocycles. The second-order valence-electron chi connectivity index (χ2n) is 6.81. The number of rotatable bonds is 7. The largest absolute Gasteiger partial charge is 0.428 e. The minimum atomic E-state index is -2.57. The molecule has 0 aromatic heterocycles. The molecule has 0 saturated carbocycles. The first kappa shape index (κ1) is 23.0. The molecular formula is C24H16F6O2. The van der Waals surface area contributed by atoms with Gasteiger partial charge in [-0.25, -0.2) is 0 Å². The summed E-state index contributed by atoms with van der Waals surface area (Å²) in [7, 11) is 0. The van der Waals surface area contributed by atoms with E-state index < -0.39 is 29.6 Å². The van der Waals surface area contributed by atoms with Crippen LogP contribution >= 0.6 is 0 Å². The third kappa shape index (κ3) is 4.96. The molecule has 0 atom stereocenters. The van der Waals surface area contributed by atoms with Crippen molar-refractivity contribution in [3.8, 4) is 11.5 Å². The van der Waals surface area contributed by atoms with Gasteiger partial charge in [0.15, 0.2) is 0 Å². The zero-order chi connectivity index (χ0) is 23.3. The molecular weight excluding hydrogens is 434 g/mol. The second kappa shape index (κ2) is 9.64. The van der Waals surface area contributed by atoms with Crippen molar-refractivity contribution in [1.29, 1.82) is 0 Å². The van der Waals surface area contributed by atoms with Gasteiger partial charge in [-0.3, -0.25) is 0 Å². The van der Waals surface area contributed by atoms with E-state index in [-0.39, 0.29) is 11.5 Å². The lowest BCUT2D eigenvalue weighted by atomic mass is 9.71. The molecule has 3 aromatic carbocycles. The van der Waals surface area contributed by atoms with E-state index in [0.29, 0.717) is 11.1 Å². The molecule has 166 valence electrons. The lowest BCUT2D eigenvalue weighted by Crippen LogP contribution is -2.25. The van der Waals surface area contributed by atoms with Crippen molar-refractivity contribution >= 4 is 0 Å². The van der Waals surface area contributed by atoms with Crippen molar-refractivity contribution in [2.45, 2.75) is 12.3 Å². The van der Waals surface area contributed by atoms with Crippen LogP contribution in [0.5, 0.6) is 11.5 Å². The molecule has 0 unspecified atom stereocenters. The summed E-state index contributed by atoms with van der Waals surface area (Å²) in [4.78, 5) is 0. The molecule has 8 heteroatoms. The Balaban J connectivity index is 2.01. The molecule has 0 heterocycles. The minimum Gasteiger partial charge on any atom is -0.428 e. The monoisotopic (exact) mass is 450 g/mol. The van der Waals surface area contributed by atoms with Crippen molar-refractivity contribution in [3.05, 3.63) is 120 Å². The van der Waals surface area contributed by atoms with Gasteiger partial charge in [-0.15, -0.1) is 0 Å². The maximum absolute atomic E-state index is 13.1. The zero-order valence-corrected chi connectivity index (χ0v) is 16.6. The van der Waals surface area contributed by atoms with Crippen molar-refractivity contribution < 1.29 is 35.8 Å². The van der Waals surface area contributed by atoms with Crippen LogP contribution in [0.15, 0.2) is 103 Å². The molecule has 0 bridgehead atoms. The van der Waals surface area contributed by atoms with Crippen LogP contribution in [0.2, 0.25) is 0 Å². The van der Waals surface area contributed by atoms with E-state index in [9.17, 15) is 26.3 Å². The van der Waals surface area contributed by atoms with Gasteiger partial charge in [-0.1, -0.05) is 54.6 Å². The SMILES string of the molecule is CC(c1ccccc1)(c1ccc(OC(F)=C(F)F)cc1)c1ccc(OC(F)=C(F)F)cc1. The van der Waals surface area contributed by atoms with Gasteiger partial charge in [0, 0.05) is 5.41 Å². The molecule has 0 fully saturated rings. The summed E-state index contributed by atoms with van der Waals surface area (Å²) in [5.74, 6) is -0.234. The van der Waals surface area contributed by atoms with Gasteiger partial charge in [0.1, 0.15) is 11.5 Å². The first-order chi connectivity index (χ1) is 15.2. The molecule has 3 rings (SSSR count). The summed E-state index contributed by atoms with van der Waals surface area (Å²) in [5, 5.41) is 0. The summed E-state index contributed by atoms with van der Waals surface area (Å²) in [6.45, 7) is 1.89. The molecule has 0 amide bonds. The first-order valence-corrected chi connectivity index (χ1v) is 9.25. The maximum Gasteiger partial charge on any atom is 0.344 e. The number of benzene rings is 3. The topological polar surface area (TPSA) is 18.5 Å². The smallest absolute Gasteiger partial charge is 0.344 e. The van der Waals surface area contributed by atoms with E-state index in [1.807, 2.05) is 37.3 Å². The predicted molar refractivity (Wildman–Crippen MR) is 107 cm³/mol. The van der Waals surface area contributed by atoms with E-state index in [2.05, 4.69) is 9.47 Å². The van der Waals surface area contributed by atoms with Crippen LogP contribution in [0, 0.1) is 0 Å². The number of hydrogen-bond acceptors (Lipinski definition) is 2. The van der Waals surface area contributed by atoms with E-state index in [0.717, 1.165) is 5.56 Å². The fourth-order valence-electron chi connectivity index (χ4n) is 3.27. The molecule has 0 aliphatic carbocycles. The lowest BCUT2D eigenvalue weighted by Gasteiger charge is -2.32. The normalized spacial score (nSPS) is 11.0. The Morgan fingerprint density at radius 2 is 0.875 bits per heavy atom. The van der Waals surface area contributed by atoms with E-state index in [4.69, 9.17) is 0 Å². The van der Waals surface area contributed by atoms with Crippen molar-refractivity contribution in [1.82, 2.24) is 0 Å². The average molecular weight is 450 g/mol. The lowest BCUT2D eigenvalue weighted by molar-refractivity contribution is 0.241. The third-order valence-electron chi connectivity index (χ3n) is 4.93. The van der Waals surface area contributed by atoms with Crippen LogP contribution in [0.3, 0.4) is 0 Å². The summed E-state index contributed by atoms with van der Waals surface area (Å²) in [6, 6.07) is 17.0. The molecule has 3 aromatic rings. The fraction of sp³-hybridized carbons (Fsp3) is 0.0833. The van der Waals surface area contributed by atoms with Gasteiger partial charge >= 0.3 is 24.2 Å². The molecule has 0 N–H and O–H groups in total. The number of hydrogen-bond donors (Lipinski definition) is 0. The number of ether oxygens (including phenoxy) is 2. The highest BCUT2D eigenvalue weighted by Crippen LogP contribution is 2.40.